The van der Waals surface area contributed by atoms with Gasteiger partial charge in [0.2, 0.25) is 0 Å². The second-order valence-electron chi connectivity index (χ2n) is 13.0. The molecule has 0 fully saturated rings. The second-order valence-corrected chi connectivity index (χ2v) is 16.9. The number of amides is 3. The summed E-state index contributed by atoms with van der Waals surface area (Å²) in [6, 6.07) is 10.6. The quantitative estimate of drug-likeness (QED) is 0.0825. The lowest BCUT2D eigenvalue weighted by Gasteiger charge is -2.24. The van der Waals surface area contributed by atoms with E-state index in [-0.39, 0.29) is 41.3 Å². The maximum atomic E-state index is 14.0. The van der Waals surface area contributed by atoms with Crippen LogP contribution in [0.5, 0.6) is 11.5 Å². The summed E-state index contributed by atoms with van der Waals surface area (Å²) >= 11 is 1.18. The van der Waals surface area contributed by atoms with Crippen molar-refractivity contribution in [2.75, 3.05) is 36.2 Å². The minimum absolute atomic E-state index is 0.0124. The first-order chi connectivity index (χ1) is 25.3. The zero-order valence-corrected chi connectivity index (χ0v) is 32.0. The van der Waals surface area contributed by atoms with Crippen molar-refractivity contribution in [3.05, 3.63) is 76.1 Å². The van der Waals surface area contributed by atoms with Crippen molar-refractivity contribution in [3.8, 4) is 11.5 Å². The molecule has 0 aliphatic carbocycles. The van der Waals surface area contributed by atoms with Crippen molar-refractivity contribution in [3.63, 3.8) is 0 Å². The van der Waals surface area contributed by atoms with E-state index in [9.17, 15) is 19.2 Å². The Morgan fingerprint density at radius 2 is 1.98 bits per heavy atom. The molecule has 53 heavy (non-hydrogen) atoms. The molecule has 2 aromatic carbocycles. The number of methoxy groups -OCH3 is 1. The van der Waals surface area contributed by atoms with Crippen molar-refractivity contribution >= 4 is 85.0 Å². The number of hydrogen-bond donors (Lipinski definition) is 4. The third-order valence-corrected chi connectivity index (χ3v) is 12.5. The number of nitrogen functional groups attached to an aromatic ring is 1. The topological polar surface area (TPSA) is 190 Å². The highest BCUT2D eigenvalue weighted by Crippen LogP contribution is 2.44. The molecule has 0 spiro atoms. The molecule has 0 radical (unpaired) electrons. The van der Waals surface area contributed by atoms with Gasteiger partial charge in [-0.05, 0) is 49.6 Å². The average Bonchev–Trinajstić information content (AvgIpc) is 3.81. The fourth-order valence-electron chi connectivity index (χ4n) is 5.99. The Bertz CT molecular complexity index is 2090. The lowest BCUT2D eigenvalue weighted by Crippen LogP contribution is -2.37. The highest BCUT2D eigenvalue weighted by molar-refractivity contribution is 8.76. The number of aliphatic carboxylic acids is 1. The Morgan fingerprint density at radius 1 is 1.17 bits per heavy atom. The van der Waals surface area contributed by atoms with Crippen LogP contribution in [0.15, 0.2) is 53.0 Å². The fraction of sp³-hybridized carbons (Fsp3) is 0.333. The highest BCUT2D eigenvalue weighted by atomic mass is 33.1. The summed E-state index contributed by atoms with van der Waals surface area (Å²) in [6.45, 7) is 4.72. The molecule has 2 aliphatic rings. The molecule has 4 heterocycles. The van der Waals surface area contributed by atoms with Crippen molar-refractivity contribution in [1.82, 2.24) is 14.9 Å². The van der Waals surface area contributed by atoms with E-state index in [0.29, 0.717) is 64.4 Å². The number of rotatable bonds is 15. The molecule has 278 valence electrons. The summed E-state index contributed by atoms with van der Waals surface area (Å²) in [7, 11) is 6.58. The molecule has 0 unspecified atom stereocenters. The number of aliphatic imine (C=N–C) groups is 1. The van der Waals surface area contributed by atoms with E-state index >= 15 is 0 Å². The molecular formula is C36H39N7O7S3. The molecule has 5 N–H and O–H groups in total. The van der Waals surface area contributed by atoms with E-state index in [4.69, 9.17) is 20.3 Å². The van der Waals surface area contributed by atoms with E-state index in [1.165, 1.54) is 18.4 Å². The first-order valence-corrected chi connectivity index (χ1v) is 19.9. The zero-order valence-electron chi connectivity index (χ0n) is 29.5. The number of carboxylic acid groups (broad SMARTS) is 1. The first kappa shape index (κ1) is 37.7. The maximum Gasteiger partial charge on any atom is 0.303 e. The van der Waals surface area contributed by atoms with Gasteiger partial charge in [0.05, 0.1) is 36.7 Å². The van der Waals surface area contributed by atoms with Crippen LogP contribution in [-0.2, 0) is 24.0 Å². The summed E-state index contributed by atoms with van der Waals surface area (Å²) in [5.74, 6) is -0.286. The van der Waals surface area contributed by atoms with Crippen LogP contribution < -0.4 is 30.7 Å². The van der Waals surface area contributed by atoms with Gasteiger partial charge < -0.3 is 35.5 Å². The van der Waals surface area contributed by atoms with Crippen LogP contribution in [0.2, 0.25) is 0 Å². The fourth-order valence-corrected chi connectivity index (χ4v) is 9.13. The van der Waals surface area contributed by atoms with Gasteiger partial charge in [-0.3, -0.25) is 29.1 Å². The van der Waals surface area contributed by atoms with Crippen LogP contribution in [-0.4, -0.2) is 75.6 Å². The first-order valence-electron chi connectivity index (χ1n) is 16.7. The van der Waals surface area contributed by atoms with E-state index in [2.05, 4.69) is 40.5 Å². The number of carbonyl (C=O) groups is 4. The lowest BCUT2D eigenvalue weighted by molar-refractivity contribution is -0.137. The molecule has 0 bridgehead atoms. The van der Waals surface area contributed by atoms with Gasteiger partial charge in [-0.2, -0.15) is 0 Å². The molecule has 3 amide bonds. The molecule has 0 saturated heterocycles. The van der Waals surface area contributed by atoms with Gasteiger partial charge in [0.1, 0.15) is 11.4 Å². The molecular weight excluding hydrogens is 739 g/mol. The van der Waals surface area contributed by atoms with E-state index in [1.54, 1.807) is 74.1 Å². The Hall–Kier alpha value is -5.00. The van der Waals surface area contributed by atoms with Gasteiger partial charge in [0.25, 0.3) is 17.7 Å². The van der Waals surface area contributed by atoms with Gasteiger partial charge in [-0.1, -0.05) is 33.7 Å². The molecule has 4 aromatic rings. The number of hydrogen-bond acceptors (Lipinski definition) is 12. The number of ether oxygens (including phenoxy) is 2. The summed E-state index contributed by atoms with van der Waals surface area (Å²) in [4.78, 5) is 61.0. The molecule has 17 heteroatoms. The molecule has 2 aliphatic heterocycles. The van der Waals surface area contributed by atoms with E-state index in [1.807, 2.05) is 12.1 Å². The summed E-state index contributed by atoms with van der Waals surface area (Å²) in [6.07, 6.45) is 4.40. The number of carbonyl (C=O) groups excluding carboxylic acids is 3. The number of nitrogens with zero attached hydrogens (tertiary/aromatic N) is 4. The van der Waals surface area contributed by atoms with Gasteiger partial charge in [-0.15, -0.1) is 11.3 Å². The monoisotopic (exact) mass is 777 g/mol. The summed E-state index contributed by atoms with van der Waals surface area (Å²) in [5.41, 5.74) is 10.6. The number of aromatic nitrogens is 2. The van der Waals surface area contributed by atoms with E-state index in [0.717, 1.165) is 16.8 Å². The minimum Gasteiger partial charge on any atom is -0.493 e. The maximum absolute atomic E-state index is 14.0. The SMILES string of the molecule is COc1cc2c(cc1OCCCC(=O)O)N=C[C@@H]1Cc3c(CSSC(C)(C)CNC(=O)c4cc(NC(=O)c5csc(N)n5)cn4C)cccc3N1C2=O. The van der Waals surface area contributed by atoms with Crippen LogP contribution in [0.1, 0.15) is 69.2 Å². The van der Waals surface area contributed by atoms with Gasteiger partial charge in [-0.25, -0.2) is 4.98 Å². The zero-order chi connectivity index (χ0) is 37.9. The predicted molar refractivity (Wildman–Crippen MR) is 209 cm³/mol. The minimum atomic E-state index is -0.895. The van der Waals surface area contributed by atoms with Gasteiger partial charge in [0, 0.05) is 66.5 Å². The number of anilines is 3. The van der Waals surface area contributed by atoms with Crippen LogP contribution in [0, 0.1) is 0 Å². The number of aryl methyl sites for hydroxylation is 1. The molecule has 6 rings (SSSR count). The predicted octanol–water partition coefficient (Wildman–Crippen LogP) is 5.95. The van der Waals surface area contributed by atoms with Crippen molar-refractivity contribution in [2.24, 2.45) is 12.0 Å². The van der Waals surface area contributed by atoms with E-state index < -0.39 is 11.9 Å². The van der Waals surface area contributed by atoms with Crippen molar-refractivity contribution in [2.45, 2.75) is 49.7 Å². The third-order valence-electron chi connectivity index (χ3n) is 8.59. The number of nitrogens with one attached hydrogen (secondary N) is 2. The third kappa shape index (κ3) is 8.63. The summed E-state index contributed by atoms with van der Waals surface area (Å²) < 4.78 is 12.7. The molecule has 2 aromatic heterocycles. The number of fused-ring (bicyclic) bond motifs is 4. The van der Waals surface area contributed by atoms with Crippen LogP contribution in [0.4, 0.5) is 22.2 Å². The number of carboxylic acids is 1. The number of nitrogens with two attached hydrogens (primary N) is 1. The van der Waals surface area contributed by atoms with Gasteiger partial charge in [0.15, 0.2) is 16.6 Å². The van der Waals surface area contributed by atoms with Crippen LogP contribution in [0.25, 0.3) is 0 Å². The Balaban J connectivity index is 1.05. The average molecular weight is 778 g/mol. The lowest BCUT2D eigenvalue weighted by atomic mass is 10.0. The van der Waals surface area contributed by atoms with Gasteiger partial charge >= 0.3 is 5.97 Å². The standard InChI is InChI=1S/C36H39N7O7S3/c1-36(2,19-39-33(47)28-11-21(16-42(28)3)40-32(46)26-18-51-35(37)41-26)53-52-17-20-7-5-8-27-23(20)12-22-15-38-25-14-30(50-10-6-9-31(44)45)29(49-4)13-24(25)34(48)43(22)27/h5,7-8,11,13-16,18,22H,6,9-10,12,17,19H2,1-4H3,(H2,37,41)(H,39,47)(H,40,46)(H,44,45)/t22-/m0/s1. The normalized spacial score (nSPS) is 14.6. The molecule has 14 nitrogen and oxygen atoms in total. The smallest absolute Gasteiger partial charge is 0.303 e. The Morgan fingerprint density at radius 3 is 2.72 bits per heavy atom. The molecule has 0 saturated carbocycles. The molecule has 1 atom stereocenters. The second kappa shape index (κ2) is 15.9. The van der Waals surface area contributed by atoms with Crippen LogP contribution in [0.3, 0.4) is 0 Å². The van der Waals surface area contributed by atoms with Crippen molar-refractivity contribution < 1.29 is 33.8 Å². The number of benzene rings is 2. The summed E-state index contributed by atoms with van der Waals surface area (Å²) in [5, 5.41) is 16.6. The van der Waals surface area contributed by atoms with Crippen molar-refractivity contribution in [1.29, 1.82) is 0 Å². The Kier molecular flexibility index (Phi) is 11.3. The largest absolute Gasteiger partial charge is 0.493 e. The highest BCUT2D eigenvalue weighted by Gasteiger charge is 2.38. The Labute approximate surface area is 317 Å². The number of thiazole rings is 1. The van der Waals surface area contributed by atoms with Crippen LogP contribution >= 0.6 is 32.9 Å².